The quantitative estimate of drug-likeness (QED) is 0.454. The van der Waals surface area contributed by atoms with E-state index in [1.54, 1.807) is 0 Å². The smallest absolute Gasteiger partial charge is 0.154 e. The first kappa shape index (κ1) is 16.7. The highest BCUT2D eigenvalue weighted by molar-refractivity contribution is 8.13. The molecule has 112 valence electrons. The number of rotatable bonds is 8. The molecule has 1 aromatic carbocycles. The molecule has 0 saturated heterocycles. The van der Waals surface area contributed by atoms with Gasteiger partial charge in [-0.1, -0.05) is 18.7 Å². The zero-order valence-electron chi connectivity index (χ0n) is 12.5. The average molecular weight is 296 g/mol. The maximum Gasteiger partial charge on any atom is 0.154 e. The third-order valence-corrected chi connectivity index (χ3v) is 3.45. The van der Waals surface area contributed by atoms with E-state index in [0.29, 0.717) is 18.4 Å². The summed E-state index contributed by atoms with van der Waals surface area (Å²) in [5.74, 6) is 2.49. The van der Waals surface area contributed by atoms with Crippen molar-refractivity contribution in [2.75, 3.05) is 19.0 Å². The lowest BCUT2D eigenvalue weighted by atomic mass is 10.3. The van der Waals surface area contributed by atoms with Crippen LogP contribution in [0, 0.1) is 0 Å². The Kier molecular flexibility index (Phi) is 7.95. The summed E-state index contributed by atoms with van der Waals surface area (Å²) >= 11 is 1.53. The number of hydrogen-bond acceptors (Lipinski definition) is 4. The standard InChI is InChI=1S/C15H24N2O2S/c1-4-12(3)17-15(16)20-11-10-19-14-8-6-13(7-9-14)18-5-2/h6-9,12H,4-5,10-11H2,1-3H3,(H2,16,17)/t12-/m1/s1. The van der Waals surface area contributed by atoms with Crippen LogP contribution >= 0.6 is 11.8 Å². The Balaban J connectivity index is 2.25. The fraction of sp³-hybridized carbons (Fsp3) is 0.533. The van der Waals surface area contributed by atoms with E-state index in [4.69, 9.17) is 15.2 Å². The number of aliphatic imine (C=N–C) groups is 1. The molecule has 0 saturated carbocycles. The van der Waals surface area contributed by atoms with Gasteiger partial charge < -0.3 is 15.2 Å². The van der Waals surface area contributed by atoms with Crippen LogP contribution in [0.4, 0.5) is 0 Å². The van der Waals surface area contributed by atoms with Crippen LogP contribution < -0.4 is 15.2 Å². The lowest BCUT2D eigenvalue weighted by molar-refractivity contribution is 0.332. The molecule has 0 radical (unpaired) electrons. The van der Waals surface area contributed by atoms with Gasteiger partial charge in [-0.25, -0.2) is 0 Å². The average Bonchev–Trinajstić information content (AvgIpc) is 2.45. The van der Waals surface area contributed by atoms with Crippen molar-refractivity contribution in [2.45, 2.75) is 33.2 Å². The van der Waals surface area contributed by atoms with Crippen molar-refractivity contribution in [3.63, 3.8) is 0 Å². The molecule has 0 amide bonds. The van der Waals surface area contributed by atoms with E-state index in [2.05, 4.69) is 18.8 Å². The molecule has 4 nitrogen and oxygen atoms in total. The summed E-state index contributed by atoms with van der Waals surface area (Å²) in [7, 11) is 0. The Hall–Kier alpha value is -1.36. The zero-order chi connectivity index (χ0) is 14.8. The van der Waals surface area contributed by atoms with Gasteiger partial charge in [-0.2, -0.15) is 0 Å². The Bertz CT molecular complexity index is 407. The van der Waals surface area contributed by atoms with Crippen molar-refractivity contribution in [3.05, 3.63) is 24.3 Å². The van der Waals surface area contributed by atoms with Gasteiger partial charge in [-0.3, -0.25) is 4.99 Å². The van der Waals surface area contributed by atoms with Gasteiger partial charge in [0, 0.05) is 11.8 Å². The number of benzene rings is 1. The summed E-state index contributed by atoms with van der Waals surface area (Å²) in [5.41, 5.74) is 5.82. The van der Waals surface area contributed by atoms with Crippen LogP contribution in [0.2, 0.25) is 0 Å². The van der Waals surface area contributed by atoms with Crippen LogP contribution in [0.3, 0.4) is 0 Å². The normalized spacial score (nSPS) is 13.1. The van der Waals surface area contributed by atoms with Crippen molar-refractivity contribution < 1.29 is 9.47 Å². The largest absolute Gasteiger partial charge is 0.494 e. The third-order valence-electron chi connectivity index (χ3n) is 2.68. The van der Waals surface area contributed by atoms with Gasteiger partial charge in [0.2, 0.25) is 0 Å². The van der Waals surface area contributed by atoms with Gasteiger partial charge >= 0.3 is 0 Å². The maximum atomic E-state index is 5.82. The predicted molar refractivity (Wildman–Crippen MR) is 86.9 cm³/mol. The minimum atomic E-state index is 0.287. The highest BCUT2D eigenvalue weighted by atomic mass is 32.2. The van der Waals surface area contributed by atoms with E-state index in [1.807, 2.05) is 31.2 Å². The molecule has 5 heteroatoms. The third kappa shape index (κ3) is 6.70. The van der Waals surface area contributed by atoms with Crippen LogP contribution in [0.25, 0.3) is 0 Å². The number of nitrogens with zero attached hydrogens (tertiary/aromatic N) is 1. The van der Waals surface area contributed by atoms with E-state index in [9.17, 15) is 0 Å². The molecule has 0 spiro atoms. The predicted octanol–water partition coefficient (Wildman–Crippen LogP) is 3.31. The van der Waals surface area contributed by atoms with Gasteiger partial charge in [-0.15, -0.1) is 0 Å². The molecular weight excluding hydrogens is 272 g/mol. The minimum absolute atomic E-state index is 0.287. The van der Waals surface area contributed by atoms with E-state index in [0.717, 1.165) is 23.7 Å². The molecule has 1 atom stereocenters. The van der Waals surface area contributed by atoms with Crippen LogP contribution in [-0.2, 0) is 0 Å². The molecule has 0 aromatic heterocycles. The highest BCUT2D eigenvalue weighted by Crippen LogP contribution is 2.17. The van der Waals surface area contributed by atoms with Crippen molar-refractivity contribution in [1.82, 2.24) is 0 Å². The number of thioether (sulfide) groups is 1. The zero-order valence-corrected chi connectivity index (χ0v) is 13.3. The second-order valence-electron chi connectivity index (χ2n) is 4.33. The summed E-state index contributed by atoms with van der Waals surface area (Å²) in [6, 6.07) is 7.92. The Morgan fingerprint density at radius 2 is 1.80 bits per heavy atom. The molecule has 0 aliphatic heterocycles. The fourth-order valence-electron chi connectivity index (χ4n) is 1.45. The van der Waals surface area contributed by atoms with Crippen LogP contribution in [0.5, 0.6) is 11.5 Å². The molecule has 0 bridgehead atoms. The molecule has 0 aliphatic carbocycles. The summed E-state index contributed by atoms with van der Waals surface area (Å²) in [4.78, 5) is 4.36. The number of amidine groups is 1. The maximum absolute atomic E-state index is 5.82. The minimum Gasteiger partial charge on any atom is -0.494 e. The highest BCUT2D eigenvalue weighted by Gasteiger charge is 2.00. The van der Waals surface area contributed by atoms with Gasteiger partial charge in [0.15, 0.2) is 5.17 Å². The molecular formula is C15H24N2O2S. The van der Waals surface area contributed by atoms with E-state index in [-0.39, 0.29) is 6.04 Å². The number of ether oxygens (including phenoxy) is 2. The van der Waals surface area contributed by atoms with Crippen LogP contribution in [0.15, 0.2) is 29.3 Å². The van der Waals surface area contributed by atoms with Crippen molar-refractivity contribution in [2.24, 2.45) is 10.7 Å². The van der Waals surface area contributed by atoms with Gasteiger partial charge in [0.05, 0.1) is 13.2 Å². The van der Waals surface area contributed by atoms with Crippen molar-refractivity contribution in [3.8, 4) is 11.5 Å². The Morgan fingerprint density at radius 1 is 1.20 bits per heavy atom. The van der Waals surface area contributed by atoms with Crippen LogP contribution in [-0.4, -0.2) is 30.2 Å². The lowest BCUT2D eigenvalue weighted by Gasteiger charge is -2.08. The number of nitrogens with two attached hydrogens (primary N) is 1. The molecule has 1 aromatic rings. The molecule has 0 unspecified atom stereocenters. The summed E-state index contributed by atoms with van der Waals surface area (Å²) in [5, 5.41) is 0.634. The first-order valence-corrected chi connectivity index (χ1v) is 7.96. The molecule has 20 heavy (non-hydrogen) atoms. The molecule has 1 rings (SSSR count). The molecule has 0 heterocycles. The van der Waals surface area contributed by atoms with Crippen molar-refractivity contribution >= 4 is 16.9 Å². The van der Waals surface area contributed by atoms with E-state index < -0.39 is 0 Å². The Morgan fingerprint density at radius 3 is 2.35 bits per heavy atom. The van der Waals surface area contributed by atoms with Gasteiger partial charge in [0.1, 0.15) is 11.5 Å². The second-order valence-corrected chi connectivity index (χ2v) is 5.44. The summed E-state index contributed by atoms with van der Waals surface area (Å²) in [6.45, 7) is 7.40. The fourth-order valence-corrected chi connectivity index (χ4v) is 2.08. The summed E-state index contributed by atoms with van der Waals surface area (Å²) in [6.07, 6.45) is 1.00. The van der Waals surface area contributed by atoms with Gasteiger partial charge in [-0.05, 0) is 44.5 Å². The number of hydrogen-bond donors (Lipinski definition) is 1. The van der Waals surface area contributed by atoms with Crippen molar-refractivity contribution in [1.29, 1.82) is 0 Å². The van der Waals surface area contributed by atoms with E-state index in [1.165, 1.54) is 11.8 Å². The Labute approximate surface area is 125 Å². The first-order chi connectivity index (χ1) is 9.65. The summed E-state index contributed by atoms with van der Waals surface area (Å²) < 4.78 is 11.0. The monoisotopic (exact) mass is 296 g/mol. The van der Waals surface area contributed by atoms with Gasteiger partial charge in [0.25, 0.3) is 0 Å². The van der Waals surface area contributed by atoms with Crippen LogP contribution in [0.1, 0.15) is 27.2 Å². The second kappa shape index (κ2) is 9.53. The topological polar surface area (TPSA) is 56.8 Å². The van der Waals surface area contributed by atoms with E-state index >= 15 is 0 Å². The lowest BCUT2D eigenvalue weighted by Crippen LogP contribution is -2.13. The molecule has 0 aliphatic rings. The first-order valence-electron chi connectivity index (χ1n) is 6.97. The SMILES string of the molecule is CCOc1ccc(OCCSC(N)=N[C@H](C)CC)cc1. The molecule has 2 N–H and O–H groups in total. The molecule has 0 fully saturated rings.